The highest BCUT2D eigenvalue weighted by atomic mass is 127. The van der Waals surface area contributed by atoms with Crippen LogP contribution in [0, 0.1) is 0 Å². The number of guanidine groups is 1. The van der Waals surface area contributed by atoms with Gasteiger partial charge < -0.3 is 20.4 Å². The normalized spacial score (nSPS) is 15.8. The van der Waals surface area contributed by atoms with Crippen molar-refractivity contribution in [3.05, 3.63) is 23.9 Å². The van der Waals surface area contributed by atoms with Crippen LogP contribution >= 0.6 is 24.0 Å². The summed E-state index contributed by atoms with van der Waals surface area (Å²) in [6.07, 6.45) is 3.05. The molecule has 1 aromatic heterocycles. The molecule has 0 radical (unpaired) electrons. The Bertz CT molecular complexity index is 482. The van der Waals surface area contributed by atoms with Crippen LogP contribution in [0.25, 0.3) is 0 Å². The number of anilines is 1. The Balaban J connectivity index is 0.00000288. The summed E-state index contributed by atoms with van der Waals surface area (Å²) in [7, 11) is 1.79. The SMILES string of the molecule is CCCNC(=NC)NCc1ccc(N2CCN(CC)CC2)nc1.I. The van der Waals surface area contributed by atoms with Crippen molar-refractivity contribution in [2.75, 3.05) is 51.2 Å². The zero-order valence-corrected chi connectivity index (χ0v) is 17.4. The van der Waals surface area contributed by atoms with Crippen molar-refractivity contribution in [2.24, 2.45) is 4.99 Å². The molecule has 1 aliphatic heterocycles. The molecule has 2 N–H and O–H groups in total. The van der Waals surface area contributed by atoms with E-state index in [0.717, 1.165) is 64.0 Å². The highest BCUT2D eigenvalue weighted by Gasteiger charge is 2.16. The maximum Gasteiger partial charge on any atom is 0.191 e. The minimum atomic E-state index is 0. The van der Waals surface area contributed by atoms with Crippen molar-refractivity contribution in [3.63, 3.8) is 0 Å². The highest BCUT2D eigenvalue weighted by molar-refractivity contribution is 14.0. The molecule has 1 aliphatic rings. The smallest absolute Gasteiger partial charge is 0.191 e. The van der Waals surface area contributed by atoms with E-state index in [-0.39, 0.29) is 24.0 Å². The van der Waals surface area contributed by atoms with Gasteiger partial charge in [-0.15, -0.1) is 24.0 Å². The molecule has 7 heteroatoms. The number of hydrogen-bond donors (Lipinski definition) is 2. The van der Waals surface area contributed by atoms with Gasteiger partial charge in [0.05, 0.1) is 0 Å². The van der Waals surface area contributed by atoms with Gasteiger partial charge in [0.2, 0.25) is 0 Å². The van der Waals surface area contributed by atoms with E-state index in [1.54, 1.807) is 7.05 Å². The largest absolute Gasteiger partial charge is 0.356 e. The van der Waals surface area contributed by atoms with Gasteiger partial charge in [-0.05, 0) is 24.6 Å². The first-order valence-corrected chi connectivity index (χ1v) is 8.63. The van der Waals surface area contributed by atoms with Crippen molar-refractivity contribution in [1.82, 2.24) is 20.5 Å². The summed E-state index contributed by atoms with van der Waals surface area (Å²) < 4.78 is 0. The molecule has 0 saturated carbocycles. The van der Waals surface area contributed by atoms with Crippen LogP contribution in [0.3, 0.4) is 0 Å². The van der Waals surface area contributed by atoms with E-state index in [9.17, 15) is 0 Å². The molecule has 0 amide bonds. The predicted molar refractivity (Wildman–Crippen MR) is 112 cm³/mol. The van der Waals surface area contributed by atoms with Gasteiger partial charge in [0.15, 0.2) is 5.96 Å². The van der Waals surface area contributed by atoms with Gasteiger partial charge in [-0.25, -0.2) is 4.98 Å². The van der Waals surface area contributed by atoms with Gasteiger partial charge in [0, 0.05) is 52.5 Å². The predicted octanol–water partition coefficient (Wildman–Crippen LogP) is 1.92. The lowest BCUT2D eigenvalue weighted by molar-refractivity contribution is 0.270. The summed E-state index contributed by atoms with van der Waals surface area (Å²) in [6, 6.07) is 4.27. The van der Waals surface area contributed by atoms with Crippen molar-refractivity contribution in [3.8, 4) is 0 Å². The second kappa shape index (κ2) is 11.5. The van der Waals surface area contributed by atoms with E-state index in [1.165, 1.54) is 5.56 Å². The minimum absolute atomic E-state index is 0. The molecule has 136 valence electrons. The second-order valence-electron chi connectivity index (χ2n) is 5.80. The molecule has 24 heavy (non-hydrogen) atoms. The molecule has 0 aliphatic carbocycles. The average molecular weight is 446 g/mol. The maximum absolute atomic E-state index is 4.63. The zero-order chi connectivity index (χ0) is 16.5. The topological polar surface area (TPSA) is 55.8 Å². The Morgan fingerprint density at radius 1 is 1.17 bits per heavy atom. The molecule has 1 saturated heterocycles. The number of aromatic nitrogens is 1. The average Bonchev–Trinajstić information content (AvgIpc) is 2.62. The third kappa shape index (κ3) is 6.43. The number of likely N-dealkylation sites (N-methyl/N-ethyl adjacent to an activating group) is 1. The molecule has 0 unspecified atom stereocenters. The number of nitrogens with zero attached hydrogens (tertiary/aromatic N) is 4. The van der Waals surface area contributed by atoms with Gasteiger partial charge in [-0.3, -0.25) is 4.99 Å². The van der Waals surface area contributed by atoms with Crippen LogP contribution in [0.2, 0.25) is 0 Å². The number of pyridine rings is 1. The van der Waals surface area contributed by atoms with Crippen molar-refractivity contribution < 1.29 is 0 Å². The standard InChI is InChI=1S/C17H30N6.HI/c1-4-8-19-17(18-3)21-14-15-6-7-16(20-13-15)23-11-9-22(5-2)10-12-23;/h6-7,13H,4-5,8-12,14H2,1-3H3,(H2,18,19,21);1H. The lowest BCUT2D eigenvalue weighted by Crippen LogP contribution is -2.46. The van der Waals surface area contributed by atoms with Crippen molar-refractivity contribution >= 4 is 35.8 Å². The fraction of sp³-hybridized carbons (Fsp3) is 0.647. The Hall–Kier alpha value is -1.09. The molecule has 0 spiro atoms. The number of nitrogens with one attached hydrogen (secondary N) is 2. The van der Waals surface area contributed by atoms with E-state index in [1.807, 2.05) is 6.20 Å². The summed E-state index contributed by atoms with van der Waals surface area (Å²) in [5.41, 5.74) is 1.17. The first kappa shape index (κ1) is 21.0. The quantitative estimate of drug-likeness (QED) is 0.398. The van der Waals surface area contributed by atoms with E-state index in [2.05, 4.69) is 56.4 Å². The van der Waals surface area contributed by atoms with Gasteiger partial charge in [-0.1, -0.05) is 19.9 Å². The van der Waals surface area contributed by atoms with E-state index in [4.69, 9.17) is 0 Å². The number of piperazine rings is 1. The van der Waals surface area contributed by atoms with Crippen molar-refractivity contribution in [2.45, 2.75) is 26.8 Å². The Labute approximate surface area is 163 Å². The summed E-state index contributed by atoms with van der Waals surface area (Å²) in [5.74, 6) is 1.92. The molecular weight excluding hydrogens is 415 g/mol. The molecule has 2 rings (SSSR count). The van der Waals surface area contributed by atoms with Crippen LogP contribution in [-0.4, -0.2) is 62.2 Å². The summed E-state index contributed by atoms with van der Waals surface area (Å²) in [5, 5.41) is 6.58. The van der Waals surface area contributed by atoms with Gasteiger partial charge in [0.25, 0.3) is 0 Å². The van der Waals surface area contributed by atoms with Crippen LogP contribution in [0.15, 0.2) is 23.3 Å². The molecule has 6 nitrogen and oxygen atoms in total. The summed E-state index contributed by atoms with van der Waals surface area (Å²) in [4.78, 5) is 13.7. The lowest BCUT2D eigenvalue weighted by Gasteiger charge is -2.34. The Morgan fingerprint density at radius 3 is 2.46 bits per heavy atom. The molecule has 0 atom stereocenters. The Kier molecular flexibility index (Phi) is 10.0. The fourth-order valence-corrected chi connectivity index (χ4v) is 2.65. The summed E-state index contributed by atoms with van der Waals surface area (Å²) >= 11 is 0. The lowest BCUT2D eigenvalue weighted by atomic mass is 10.2. The van der Waals surface area contributed by atoms with Gasteiger partial charge in [-0.2, -0.15) is 0 Å². The van der Waals surface area contributed by atoms with Gasteiger partial charge in [0.1, 0.15) is 5.82 Å². The van der Waals surface area contributed by atoms with E-state index < -0.39 is 0 Å². The van der Waals surface area contributed by atoms with Crippen LogP contribution in [0.1, 0.15) is 25.8 Å². The minimum Gasteiger partial charge on any atom is -0.356 e. The van der Waals surface area contributed by atoms with Crippen LogP contribution in [0.4, 0.5) is 5.82 Å². The monoisotopic (exact) mass is 446 g/mol. The third-order valence-electron chi connectivity index (χ3n) is 4.18. The Morgan fingerprint density at radius 2 is 1.92 bits per heavy atom. The first-order valence-electron chi connectivity index (χ1n) is 8.63. The first-order chi connectivity index (χ1) is 11.3. The molecule has 1 fully saturated rings. The van der Waals surface area contributed by atoms with Crippen LogP contribution in [-0.2, 0) is 6.54 Å². The number of halogens is 1. The van der Waals surface area contributed by atoms with Gasteiger partial charge >= 0.3 is 0 Å². The zero-order valence-electron chi connectivity index (χ0n) is 15.1. The van der Waals surface area contributed by atoms with E-state index in [0.29, 0.717) is 0 Å². The van der Waals surface area contributed by atoms with Crippen LogP contribution in [0.5, 0.6) is 0 Å². The van der Waals surface area contributed by atoms with Crippen molar-refractivity contribution in [1.29, 1.82) is 0 Å². The number of aliphatic imine (C=N–C) groups is 1. The molecule has 0 bridgehead atoms. The second-order valence-corrected chi connectivity index (χ2v) is 5.80. The van der Waals surface area contributed by atoms with Crippen LogP contribution < -0.4 is 15.5 Å². The third-order valence-corrected chi connectivity index (χ3v) is 4.18. The number of hydrogen-bond acceptors (Lipinski definition) is 4. The highest BCUT2D eigenvalue weighted by Crippen LogP contribution is 2.13. The molecular formula is C17H31IN6. The summed E-state index contributed by atoms with van der Waals surface area (Å²) in [6.45, 7) is 11.5. The maximum atomic E-state index is 4.63. The molecule has 1 aromatic rings. The number of rotatable bonds is 6. The fourth-order valence-electron chi connectivity index (χ4n) is 2.65. The molecule has 2 heterocycles. The van der Waals surface area contributed by atoms with E-state index >= 15 is 0 Å². The molecule has 0 aromatic carbocycles.